The van der Waals surface area contributed by atoms with Crippen molar-refractivity contribution in [2.24, 2.45) is 0 Å². The van der Waals surface area contributed by atoms with Crippen LogP contribution in [0.3, 0.4) is 0 Å². The molecule has 2 rings (SSSR count). The highest BCUT2D eigenvalue weighted by atomic mass is 32.2. The lowest BCUT2D eigenvalue weighted by molar-refractivity contribution is 0.0231. The van der Waals surface area contributed by atoms with Gasteiger partial charge < -0.3 is 9.84 Å². The van der Waals surface area contributed by atoms with E-state index >= 15 is 0 Å². The average Bonchev–Trinajstić information content (AvgIpc) is 2.92. The van der Waals surface area contributed by atoms with Gasteiger partial charge in [-0.25, -0.2) is 26.3 Å². The van der Waals surface area contributed by atoms with Crippen LogP contribution in [-0.2, 0) is 25.6 Å². The Hall–Kier alpha value is -1.20. The van der Waals surface area contributed by atoms with Crippen LogP contribution in [0.1, 0.15) is 38.2 Å². The van der Waals surface area contributed by atoms with Crippen molar-refractivity contribution in [3.8, 4) is 5.75 Å². The number of aliphatic hydroxyl groups is 1. The van der Waals surface area contributed by atoms with E-state index in [4.69, 9.17) is 4.74 Å². The number of benzene rings is 1. The average molecular weight is 421 g/mol. The van der Waals surface area contributed by atoms with E-state index in [1.165, 1.54) is 0 Å². The standard InChI is InChI=1S/C17H28N2O6S2/c1-3-13-27(23,24)19-16-5-4-10-17(16,20)14-6-8-15(9-7-14)25-12-11-18-26(2,21)22/h6-9,16,18-20H,3-5,10-13H2,1-2H3. The van der Waals surface area contributed by atoms with Gasteiger partial charge in [-0.3, -0.25) is 0 Å². The number of nitrogens with one attached hydrogen (secondary N) is 2. The van der Waals surface area contributed by atoms with Gasteiger partial charge in [-0.1, -0.05) is 19.1 Å². The lowest BCUT2D eigenvalue weighted by Gasteiger charge is -2.31. The monoisotopic (exact) mass is 420 g/mol. The van der Waals surface area contributed by atoms with Crippen LogP contribution in [0.4, 0.5) is 0 Å². The Morgan fingerprint density at radius 2 is 1.89 bits per heavy atom. The summed E-state index contributed by atoms with van der Waals surface area (Å²) >= 11 is 0. The molecule has 0 heterocycles. The summed E-state index contributed by atoms with van der Waals surface area (Å²) in [5.74, 6) is 0.576. The molecule has 0 saturated heterocycles. The van der Waals surface area contributed by atoms with Crippen molar-refractivity contribution < 1.29 is 26.7 Å². The maximum absolute atomic E-state index is 12.1. The van der Waals surface area contributed by atoms with Crippen LogP contribution in [0.15, 0.2) is 24.3 Å². The summed E-state index contributed by atoms with van der Waals surface area (Å²) < 4.78 is 56.6. The van der Waals surface area contributed by atoms with Crippen molar-refractivity contribution >= 4 is 20.0 Å². The zero-order valence-corrected chi connectivity index (χ0v) is 17.3. The van der Waals surface area contributed by atoms with Crippen LogP contribution >= 0.6 is 0 Å². The Balaban J connectivity index is 2.01. The van der Waals surface area contributed by atoms with Crippen LogP contribution in [-0.4, -0.2) is 53.1 Å². The first-order valence-corrected chi connectivity index (χ1v) is 12.5. The van der Waals surface area contributed by atoms with Gasteiger partial charge in [0.15, 0.2) is 0 Å². The molecule has 0 spiro atoms. The first-order chi connectivity index (χ1) is 12.6. The van der Waals surface area contributed by atoms with Crippen molar-refractivity contribution in [1.29, 1.82) is 0 Å². The maximum Gasteiger partial charge on any atom is 0.211 e. The van der Waals surface area contributed by atoms with Crippen molar-refractivity contribution in [3.63, 3.8) is 0 Å². The highest BCUT2D eigenvalue weighted by molar-refractivity contribution is 7.89. The van der Waals surface area contributed by atoms with E-state index in [0.29, 0.717) is 30.6 Å². The van der Waals surface area contributed by atoms with E-state index in [9.17, 15) is 21.9 Å². The molecule has 27 heavy (non-hydrogen) atoms. The molecule has 1 aromatic rings. The van der Waals surface area contributed by atoms with E-state index in [1.54, 1.807) is 31.2 Å². The Kier molecular flexibility index (Phi) is 7.26. The summed E-state index contributed by atoms with van der Waals surface area (Å²) in [5, 5.41) is 11.1. The van der Waals surface area contributed by atoms with Gasteiger partial charge in [0.25, 0.3) is 0 Å². The third kappa shape index (κ3) is 6.42. The van der Waals surface area contributed by atoms with E-state index in [0.717, 1.165) is 12.7 Å². The van der Waals surface area contributed by atoms with Crippen LogP contribution in [0.25, 0.3) is 0 Å². The summed E-state index contributed by atoms with van der Waals surface area (Å²) in [6.07, 6.45) is 3.38. The summed E-state index contributed by atoms with van der Waals surface area (Å²) in [5.41, 5.74) is -0.622. The molecule has 154 valence electrons. The van der Waals surface area contributed by atoms with E-state index in [-0.39, 0.29) is 18.9 Å². The van der Waals surface area contributed by atoms with Crippen LogP contribution in [0, 0.1) is 0 Å². The molecular formula is C17H28N2O6S2. The van der Waals surface area contributed by atoms with Gasteiger partial charge in [0, 0.05) is 6.54 Å². The molecular weight excluding hydrogens is 392 g/mol. The Morgan fingerprint density at radius 1 is 1.22 bits per heavy atom. The minimum absolute atomic E-state index is 0.0356. The quantitative estimate of drug-likeness (QED) is 0.479. The number of rotatable bonds is 10. The highest BCUT2D eigenvalue weighted by Gasteiger charge is 2.44. The second kappa shape index (κ2) is 8.87. The second-order valence-corrected chi connectivity index (χ2v) is 10.6. The smallest absolute Gasteiger partial charge is 0.211 e. The van der Waals surface area contributed by atoms with Crippen molar-refractivity contribution in [3.05, 3.63) is 29.8 Å². The topological polar surface area (TPSA) is 122 Å². The molecule has 0 aliphatic heterocycles. The molecule has 2 atom stereocenters. The third-order valence-electron chi connectivity index (χ3n) is 4.51. The van der Waals surface area contributed by atoms with Crippen LogP contribution in [0.5, 0.6) is 5.75 Å². The summed E-state index contributed by atoms with van der Waals surface area (Å²) in [6, 6.07) is 6.24. The highest BCUT2D eigenvalue weighted by Crippen LogP contribution is 2.39. The summed E-state index contributed by atoms with van der Waals surface area (Å²) in [7, 11) is -6.67. The number of ether oxygens (including phenoxy) is 1. The van der Waals surface area contributed by atoms with Gasteiger partial charge in [-0.05, 0) is 43.4 Å². The fourth-order valence-corrected chi connectivity index (χ4v) is 5.13. The van der Waals surface area contributed by atoms with Gasteiger partial charge in [0.1, 0.15) is 18.0 Å². The predicted molar refractivity (Wildman–Crippen MR) is 104 cm³/mol. The molecule has 0 amide bonds. The zero-order chi connectivity index (χ0) is 20.1. The lowest BCUT2D eigenvalue weighted by atomic mass is 9.89. The van der Waals surface area contributed by atoms with Crippen molar-refractivity contribution in [2.75, 3.05) is 25.2 Å². The first-order valence-electron chi connectivity index (χ1n) is 8.96. The molecule has 1 aliphatic rings. The normalized spacial score (nSPS) is 23.4. The maximum atomic E-state index is 12.1. The predicted octanol–water partition coefficient (Wildman–Crippen LogP) is 0.684. The summed E-state index contributed by atoms with van der Waals surface area (Å²) in [4.78, 5) is 0. The van der Waals surface area contributed by atoms with Gasteiger partial charge in [-0.2, -0.15) is 0 Å². The van der Waals surface area contributed by atoms with Gasteiger partial charge in [0.05, 0.1) is 18.1 Å². The first kappa shape index (κ1) is 22.1. The van der Waals surface area contributed by atoms with Crippen LogP contribution < -0.4 is 14.2 Å². The zero-order valence-electron chi connectivity index (χ0n) is 15.6. The van der Waals surface area contributed by atoms with E-state index < -0.39 is 31.7 Å². The molecule has 1 fully saturated rings. The molecule has 8 nitrogen and oxygen atoms in total. The van der Waals surface area contributed by atoms with Gasteiger partial charge in [-0.15, -0.1) is 0 Å². The fraction of sp³-hybridized carbons (Fsp3) is 0.647. The molecule has 3 N–H and O–H groups in total. The SMILES string of the molecule is CCCS(=O)(=O)NC1CCCC1(O)c1ccc(OCCNS(C)(=O)=O)cc1. The molecule has 2 unspecified atom stereocenters. The fourth-order valence-electron chi connectivity index (χ4n) is 3.27. The number of hydrogen-bond acceptors (Lipinski definition) is 6. The Labute approximate surface area is 161 Å². The lowest BCUT2D eigenvalue weighted by Crippen LogP contribution is -2.47. The summed E-state index contributed by atoms with van der Waals surface area (Å²) in [6.45, 7) is 2.13. The number of hydrogen-bond donors (Lipinski definition) is 3. The minimum atomic E-state index is -3.42. The molecule has 0 bridgehead atoms. The van der Waals surface area contributed by atoms with E-state index in [2.05, 4.69) is 9.44 Å². The molecule has 1 aliphatic carbocycles. The molecule has 1 saturated carbocycles. The van der Waals surface area contributed by atoms with Crippen molar-refractivity contribution in [1.82, 2.24) is 9.44 Å². The molecule has 10 heteroatoms. The van der Waals surface area contributed by atoms with Gasteiger partial charge >= 0.3 is 0 Å². The largest absolute Gasteiger partial charge is 0.492 e. The third-order valence-corrected chi connectivity index (χ3v) is 6.83. The van der Waals surface area contributed by atoms with Crippen LogP contribution in [0.2, 0.25) is 0 Å². The second-order valence-electron chi connectivity index (χ2n) is 6.85. The van der Waals surface area contributed by atoms with E-state index in [1.807, 2.05) is 0 Å². The molecule has 0 radical (unpaired) electrons. The molecule has 1 aromatic carbocycles. The Bertz CT molecular complexity index is 823. The molecule has 0 aromatic heterocycles. The van der Waals surface area contributed by atoms with Crippen molar-refractivity contribution in [2.45, 2.75) is 44.2 Å². The number of sulfonamides is 2. The Morgan fingerprint density at radius 3 is 2.48 bits per heavy atom. The minimum Gasteiger partial charge on any atom is -0.492 e. The van der Waals surface area contributed by atoms with Gasteiger partial charge in [0.2, 0.25) is 20.0 Å².